The van der Waals surface area contributed by atoms with Gasteiger partial charge in [0.2, 0.25) is 0 Å². The van der Waals surface area contributed by atoms with Crippen LogP contribution < -0.4 is 0 Å². The Morgan fingerprint density at radius 3 is 2.95 bits per heavy atom. The van der Waals surface area contributed by atoms with E-state index < -0.39 is 15.9 Å². The number of morpholine rings is 1. The highest BCUT2D eigenvalue weighted by atomic mass is 32.2. The summed E-state index contributed by atoms with van der Waals surface area (Å²) in [6.07, 6.45) is 5.20. The van der Waals surface area contributed by atoms with Crippen LogP contribution in [0.3, 0.4) is 0 Å². The molecular formula is C12H15N5O4S. The number of hydrogen-bond acceptors (Lipinski definition) is 6. The lowest BCUT2D eigenvalue weighted by molar-refractivity contribution is -0.00496. The zero-order valence-electron chi connectivity index (χ0n) is 11.8. The molecule has 2 N–H and O–H groups in total. The number of nitrogens with one attached hydrogen (secondary N) is 2. The number of aromatic nitrogens is 4. The summed E-state index contributed by atoms with van der Waals surface area (Å²) in [5, 5.41) is 6.49. The van der Waals surface area contributed by atoms with Gasteiger partial charge in [0.25, 0.3) is 5.91 Å². The van der Waals surface area contributed by atoms with E-state index in [1.165, 1.54) is 18.7 Å². The van der Waals surface area contributed by atoms with E-state index in [0.717, 1.165) is 6.26 Å². The average Bonchev–Trinajstić information content (AvgIpc) is 3.17. The summed E-state index contributed by atoms with van der Waals surface area (Å²) >= 11 is 0. The van der Waals surface area contributed by atoms with Crippen LogP contribution in [0.25, 0.3) is 0 Å². The second-order valence-corrected chi connectivity index (χ2v) is 6.96. The molecule has 10 heteroatoms. The number of rotatable bonds is 3. The van der Waals surface area contributed by atoms with Crippen LogP contribution in [-0.4, -0.2) is 65.4 Å². The maximum absolute atomic E-state index is 12.5. The molecule has 1 atom stereocenters. The molecule has 1 aliphatic rings. The highest BCUT2D eigenvalue weighted by molar-refractivity contribution is 7.90. The molecule has 1 amide bonds. The number of amides is 1. The van der Waals surface area contributed by atoms with Gasteiger partial charge in [0, 0.05) is 12.8 Å². The SMILES string of the molecule is CS(=O)(=O)c1cn[nH]c1[C@@H]1COCCN1C(=O)c1cnc[nH]1. The molecule has 118 valence electrons. The van der Waals surface area contributed by atoms with Crippen molar-refractivity contribution in [1.82, 2.24) is 25.1 Å². The van der Waals surface area contributed by atoms with E-state index in [4.69, 9.17) is 4.74 Å². The van der Waals surface area contributed by atoms with Gasteiger partial charge < -0.3 is 14.6 Å². The van der Waals surface area contributed by atoms with Gasteiger partial charge in [0.15, 0.2) is 9.84 Å². The van der Waals surface area contributed by atoms with Crippen LogP contribution in [0, 0.1) is 0 Å². The summed E-state index contributed by atoms with van der Waals surface area (Å²) in [5.41, 5.74) is 0.697. The largest absolute Gasteiger partial charge is 0.377 e. The summed E-state index contributed by atoms with van der Waals surface area (Å²) in [6, 6.07) is -0.545. The zero-order chi connectivity index (χ0) is 15.7. The van der Waals surface area contributed by atoms with Gasteiger partial charge in [0.1, 0.15) is 10.6 Å². The van der Waals surface area contributed by atoms with Gasteiger partial charge in [-0.2, -0.15) is 5.10 Å². The van der Waals surface area contributed by atoms with Crippen molar-refractivity contribution >= 4 is 15.7 Å². The van der Waals surface area contributed by atoms with E-state index in [1.54, 1.807) is 4.90 Å². The number of ether oxygens (including phenoxy) is 1. The van der Waals surface area contributed by atoms with Crippen LogP contribution in [-0.2, 0) is 14.6 Å². The Morgan fingerprint density at radius 2 is 2.27 bits per heavy atom. The number of hydrogen-bond donors (Lipinski definition) is 2. The Kier molecular flexibility index (Phi) is 3.71. The van der Waals surface area contributed by atoms with E-state index in [1.807, 2.05) is 0 Å². The summed E-state index contributed by atoms with van der Waals surface area (Å²) in [5.74, 6) is -0.264. The minimum Gasteiger partial charge on any atom is -0.377 e. The Bertz CT molecular complexity index is 767. The molecule has 0 radical (unpaired) electrons. The molecule has 0 bridgehead atoms. The molecular weight excluding hydrogens is 310 g/mol. The molecule has 1 saturated heterocycles. The first-order valence-electron chi connectivity index (χ1n) is 6.59. The number of H-pyrrole nitrogens is 2. The van der Waals surface area contributed by atoms with Crippen LogP contribution in [0.1, 0.15) is 22.2 Å². The Balaban J connectivity index is 1.97. The lowest BCUT2D eigenvalue weighted by atomic mass is 10.1. The molecule has 1 fully saturated rings. The van der Waals surface area contributed by atoms with Crippen molar-refractivity contribution in [3.05, 3.63) is 30.1 Å². The fourth-order valence-electron chi connectivity index (χ4n) is 2.43. The lowest BCUT2D eigenvalue weighted by Gasteiger charge is -2.35. The standard InChI is InChI=1S/C12H15N5O4S/c1-22(19,20)10-5-15-16-11(10)9-6-21-3-2-17(9)12(18)8-4-13-7-14-8/h4-5,7,9H,2-3,6H2,1H3,(H,13,14)(H,15,16)/t9-/m0/s1. The van der Waals surface area contributed by atoms with E-state index >= 15 is 0 Å². The third-order valence-corrected chi connectivity index (χ3v) is 4.61. The van der Waals surface area contributed by atoms with Gasteiger partial charge >= 0.3 is 0 Å². The number of sulfone groups is 1. The molecule has 22 heavy (non-hydrogen) atoms. The van der Waals surface area contributed by atoms with Crippen molar-refractivity contribution in [3.8, 4) is 0 Å². The summed E-state index contributed by atoms with van der Waals surface area (Å²) < 4.78 is 29.1. The van der Waals surface area contributed by atoms with Crippen molar-refractivity contribution in [3.63, 3.8) is 0 Å². The highest BCUT2D eigenvalue weighted by Crippen LogP contribution is 2.28. The van der Waals surface area contributed by atoms with E-state index in [-0.39, 0.29) is 17.4 Å². The van der Waals surface area contributed by atoms with E-state index in [2.05, 4.69) is 20.2 Å². The van der Waals surface area contributed by atoms with Crippen molar-refractivity contribution in [2.45, 2.75) is 10.9 Å². The molecule has 0 spiro atoms. The minimum atomic E-state index is -3.45. The molecule has 9 nitrogen and oxygen atoms in total. The van der Waals surface area contributed by atoms with Gasteiger partial charge in [-0.3, -0.25) is 9.89 Å². The summed E-state index contributed by atoms with van der Waals surface area (Å²) in [7, 11) is -3.45. The Labute approximate surface area is 126 Å². The van der Waals surface area contributed by atoms with Crippen molar-refractivity contribution in [1.29, 1.82) is 0 Å². The molecule has 0 unspecified atom stereocenters. The predicted molar refractivity (Wildman–Crippen MR) is 74.9 cm³/mol. The predicted octanol–water partition coefficient (Wildman–Crippen LogP) is -0.250. The molecule has 3 rings (SSSR count). The van der Waals surface area contributed by atoms with Crippen LogP contribution in [0.5, 0.6) is 0 Å². The van der Waals surface area contributed by atoms with Gasteiger partial charge in [-0.15, -0.1) is 0 Å². The number of carbonyl (C=O) groups is 1. The molecule has 0 aromatic carbocycles. The van der Waals surface area contributed by atoms with Crippen LogP contribution >= 0.6 is 0 Å². The maximum Gasteiger partial charge on any atom is 0.272 e. The van der Waals surface area contributed by atoms with Crippen molar-refractivity contribution in [2.75, 3.05) is 26.0 Å². The number of nitrogens with zero attached hydrogens (tertiary/aromatic N) is 3. The molecule has 2 aromatic rings. The van der Waals surface area contributed by atoms with Gasteiger partial charge in [-0.25, -0.2) is 13.4 Å². The fourth-order valence-corrected chi connectivity index (χ4v) is 3.26. The first-order chi connectivity index (χ1) is 10.5. The third kappa shape index (κ3) is 2.62. The third-order valence-electron chi connectivity index (χ3n) is 3.48. The first-order valence-corrected chi connectivity index (χ1v) is 8.48. The first kappa shape index (κ1) is 14.7. The molecule has 0 aliphatic carbocycles. The van der Waals surface area contributed by atoms with Crippen LogP contribution in [0.4, 0.5) is 0 Å². The number of carbonyl (C=O) groups excluding carboxylic acids is 1. The second-order valence-electron chi connectivity index (χ2n) is 4.97. The number of imidazole rings is 1. The number of aromatic amines is 2. The Morgan fingerprint density at radius 1 is 1.45 bits per heavy atom. The second kappa shape index (κ2) is 5.54. The minimum absolute atomic E-state index is 0.0745. The Hall–Kier alpha value is -2.20. The normalized spacial score (nSPS) is 19.3. The topological polar surface area (TPSA) is 121 Å². The highest BCUT2D eigenvalue weighted by Gasteiger charge is 2.34. The molecule has 0 saturated carbocycles. The van der Waals surface area contributed by atoms with Crippen molar-refractivity contribution < 1.29 is 17.9 Å². The van der Waals surface area contributed by atoms with E-state index in [9.17, 15) is 13.2 Å². The quantitative estimate of drug-likeness (QED) is 0.802. The van der Waals surface area contributed by atoms with Crippen LogP contribution in [0.2, 0.25) is 0 Å². The monoisotopic (exact) mass is 325 g/mol. The van der Waals surface area contributed by atoms with Crippen LogP contribution in [0.15, 0.2) is 23.6 Å². The summed E-state index contributed by atoms with van der Waals surface area (Å²) in [6.45, 7) is 0.939. The smallest absolute Gasteiger partial charge is 0.272 e. The summed E-state index contributed by atoms with van der Waals surface area (Å²) in [4.78, 5) is 20.8. The van der Waals surface area contributed by atoms with Gasteiger partial charge in [0.05, 0.1) is 43.7 Å². The van der Waals surface area contributed by atoms with Gasteiger partial charge in [-0.05, 0) is 0 Å². The molecule has 1 aliphatic heterocycles. The van der Waals surface area contributed by atoms with E-state index in [0.29, 0.717) is 24.5 Å². The van der Waals surface area contributed by atoms with Crippen molar-refractivity contribution in [2.24, 2.45) is 0 Å². The fraction of sp³-hybridized carbons (Fsp3) is 0.417. The maximum atomic E-state index is 12.5. The average molecular weight is 325 g/mol. The lowest BCUT2D eigenvalue weighted by Crippen LogP contribution is -2.44. The zero-order valence-corrected chi connectivity index (χ0v) is 12.6. The van der Waals surface area contributed by atoms with Gasteiger partial charge in [-0.1, -0.05) is 0 Å². The molecule has 3 heterocycles. The molecule has 2 aromatic heterocycles.